The van der Waals surface area contributed by atoms with Gasteiger partial charge in [-0.25, -0.2) is 14.6 Å². The Bertz CT molecular complexity index is 1120. The topological polar surface area (TPSA) is 72.7 Å². The number of nitrogens with one attached hydrogen (secondary N) is 1. The van der Waals surface area contributed by atoms with Gasteiger partial charge in [-0.15, -0.1) is 11.3 Å². The van der Waals surface area contributed by atoms with Gasteiger partial charge in [-0.1, -0.05) is 42.8 Å². The average Bonchev–Trinajstić information content (AvgIpc) is 3.40. The molecule has 0 aliphatic rings. The van der Waals surface area contributed by atoms with E-state index in [4.69, 9.17) is 11.6 Å². The molecule has 0 radical (unpaired) electrons. The van der Waals surface area contributed by atoms with E-state index in [1.807, 2.05) is 5.38 Å². The van der Waals surface area contributed by atoms with Crippen LogP contribution in [0.15, 0.2) is 60.5 Å². The van der Waals surface area contributed by atoms with Crippen LogP contribution >= 0.6 is 22.9 Å². The Labute approximate surface area is 177 Å². The van der Waals surface area contributed by atoms with Gasteiger partial charge < -0.3 is 5.32 Å². The number of halogens is 1. The van der Waals surface area contributed by atoms with Gasteiger partial charge in [0.05, 0.1) is 23.5 Å². The fourth-order valence-electron chi connectivity index (χ4n) is 2.90. The zero-order chi connectivity index (χ0) is 20.2. The summed E-state index contributed by atoms with van der Waals surface area (Å²) in [7, 11) is 0. The lowest BCUT2D eigenvalue weighted by atomic mass is 10.1. The van der Waals surface area contributed by atoms with Gasteiger partial charge in [0.15, 0.2) is 0 Å². The SMILES string of the molecule is CCc1ccc(-c2nc(CC(=O)Nc3cc(Cl)ccc3-n3cncn3)cs2)cc1. The highest BCUT2D eigenvalue weighted by atomic mass is 35.5. The number of hydrogen-bond acceptors (Lipinski definition) is 5. The van der Waals surface area contributed by atoms with Crippen LogP contribution < -0.4 is 5.32 Å². The number of thiazole rings is 1. The maximum absolute atomic E-state index is 12.6. The monoisotopic (exact) mass is 423 g/mol. The molecule has 1 amide bonds. The molecule has 29 heavy (non-hydrogen) atoms. The Morgan fingerprint density at radius 3 is 2.76 bits per heavy atom. The van der Waals surface area contributed by atoms with E-state index in [0.717, 1.165) is 22.7 Å². The number of anilines is 1. The second kappa shape index (κ2) is 8.55. The fourth-order valence-corrected chi connectivity index (χ4v) is 3.90. The Hall–Kier alpha value is -3.03. The summed E-state index contributed by atoms with van der Waals surface area (Å²) >= 11 is 7.64. The number of benzene rings is 2. The molecular weight excluding hydrogens is 406 g/mol. The number of aromatic nitrogens is 4. The van der Waals surface area contributed by atoms with Crippen LogP contribution in [0.2, 0.25) is 5.02 Å². The smallest absolute Gasteiger partial charge is 0.230 e. The number of carbonyl (C=O) groups excluding carboxylic acids is 1. The van der Waals surface area contributed by atoms with Gasteiger partial charge >= 0.3 is 0 Å². The molecular formula is C21H18ClN5OS. The zero-order valence-corrected chi connectivity index (χ0v) is 17.2. The van der Waals surface area contributed by atoms with E-state index in [1.165, 1.54) is 23.2 Å². The predicted octanol–water partition coefficient (Wildman–Crippen LogP) is 4.79. The molecule has 0 aliphatic carbocycles. The number of carbonyl (C=O) groups is 1. The summed E-state index contributed by atoms with van der Waals surface area (Å²) in [6.07, 6.45) is 4.18. The molecule has 0 spiro atoms. The zero-order valence-electron chi connectivity index (χ0n) is 15.7. The van der Waals surface area contributed by atoms with Gasteiger partial charge in [0.2, 0.25) is 5.91 Å². The highest BCUT2D eigenvalue weighted by Gasteiger charge is 2.13. The molecule has 0 fully saturated rings. The van der Waals surface area contributed by atoms with Crippen molar-refractivity contribution >= 4 is 34.5 Å². The molecule has 0 saturated heterocycles. The van der Waals surface area contributed by atoms with Crippen LogP contribution in [0.25, 0.3) is 16.3 Å². The lowest BCUT2D eigenvalue weighted by molar-refractivity contribution is -0.115. The van der Waals surface area contributed by atoms with Crippen LogP contribution in [0.3, 0.4) is 0 Å². The Morgan fingerprint density at radius 2 is 2.03 bits per heavy atom. The van der Waals surface area contributed by atoms with E-state index < -0.39 is 0 Å². The molecule has 2 heterocycles. The first-order valence-electron chi connectivity index (χ1n) is 9.10. The van der Waals surface area contributed by atoms with E-state index in [0.29, 0.717) is 16.4 Å². The van der Waals surface area contributed by atoms with Crippen molar-refractivity contribution in [2.24, 2.45) is 0 Å². The molecule has 0 atom stereocenters. The minimum Gasteiger partial charge on any atom is -0.324 e. The molecule has 4 rings (SSSR count). The van der Waals surface area contributed by atoms with E-state index in [1.54, 1.807) is 29.2 Å². The number of hydrogen-bond donors (Lipinski definition) is 1. The second-order valence-electron chi connectivity index (χ2n) is 6.42. The van der Waals surface area contributed by atoms with E-state index >= 15 is 0 Å². The van der Waals surface area contributed by atoms with Crippen LogP contribution in [0.5, 0.6) is 0 Å². The molecule has 2 aromatic carbocycles. The largest absolute Gasteiger partial charge is 0.324 e. The molecule has 1 N–H and O–H groups in total. The normalized spacial score (nSPS) is 10.8. The molecule has 8 heteroatoms. The molecule has 4 aromatic rings. The second-order valence-corrected chi connectivity index (χ2v) is 7.72. The summed E-state index contributed by atoms with van der Waals surface area (Å²) < 4.78 is 1.58. The third-order valence-electron chi connectivity index (χ3n) is 4.40. The first kappa shape index (κ1) is 19.3. The molecule has 2 aromatic heterocycles. The van der Waals surface area contributed by atoms with Crippen LogP contribution in [0, 0.1) is 0 Å². The average molecular weight is 424 g/mol. The highest BCUT2D eigenvalue weighted by Crippen LogP contribution is 2.26. The quantitative estimate of drug-likeness (QED) is 0.484. The lowest BCUT2D eigenvalue weighted by Gasteiger charge is -2.11. The van der Waals surface area contributed by atoms with Crippen LogP contribution in [-0.4, -0.2) is 25.7 Å². The van der Waals surface area contributed by atoms with Crippen molar-refractivity contribution in [1.82, 2.24) is 19.7 Å². The summed E-state index contributed by atoms with van der Waals surface area (Å²) in [6, 6.07) is 13.6. The molecule has 0 bridgehead atoms. The van der Waals surface area contributed by atoms with E-state index in [2.05, 4.69) is 51.6 Å². The van der Waals surface area contributed by atoms with Crippen LogP contribution in [-0.2, 0) is 17.6 Å². The van der Waals surface area contributed by atoms with Gasteiger partial charge in [-0.2, -0.15) is 5.10 Å². The number of amides is 1. The van der Waals surface area contributed by atoms with E-state index in [9.17, 15) is 4.79 Å². The van der Waals surface area contributed by atoms with Gasteiger partial charge in [0, 0.05) is 16.0 Å². The lowest BCUT2D eigenvalue weighted by Crippen LogP contribution is -2.16. The minimum absolute atomic E-state index is 0.173. The summed E-state index contributed by atoms with van der Waals surface area (Å²) in [5.41, 5.74) is 4.33. The van der Waals surface area contributed by atoms with E-state index in [-0.39, 0.29) is 12.3 Å². The van der Waals surface area contributed by atoms with Crippen molar-refractivity contribution in [1.29, 1.82) is 0 Å². The van der Waals surface area contributed by atoms with Crippen molar-refractivity contribution < 1.29 is 4.79 Å². The van der Waals surface area contributed by atoms with Crippen molar-refractivity contribution in [3.8, 4) is 16.3 Å². The molecule has 0 unspecified atom stereocenters. The van der Waals surface area contributed by atoms with Gasteiger partial charge in [0.25, 0.3) is 0 Å². The first-order valence-corrected chi connectivity index (χ1v) is 10.4. The summed E-state index contributed by atoms with van der Waals surface area (Å²) in [5, 5.41) is 10.4. The molecule has 6 nitrogen and oxygen atoms in total. The number of rotatable bonds is 6. The standard InChI is InChI=1S/C21H18ClN5OS/c1-2-14-3-5-15(6-4-14)21-25-17(11-29-21)10-20(28)26-18-9-16(22)7-8-19(18)27-13-23-12-24-27/h3-9,11-13H,2,10H2,1H3,(H,26,28). The summed E-state index contributed by atoms with van der Waals surface area (Å²) in [5.74, 6) is -0.174. The third-order valence-corrected chi connectivity index (χ3v) is 5.58. The van der Waals surface area contributed by atoms with Crippen molar-refractivity contribution in [3.05, 3.63) is 76.8 Å². The summed E-state index contributed by atoms with van der Waals surface area (Å²) in [6.45, 7) is 2.13. The molecule has 146 valence electrons. The predicted molar refractivity (Wildman–Crippen MR) is 116 cm³/mol. The van der Waals surface area contributed by atoms with Gasteiger partial charge in [0.1, 0.15) is 17.7 Å². The van der Waals surface area contributed by atoms with Crippen molar-refractivity contribution in [3.63, 3.8) is 0 Å². The Morgan fingerprint density at radius 1 is 1.21 bits per heavy atom. The van der Waals surface area contributed by atoms with Crippen LogP contribution in [0.1, 0.15) is 18.2 Å². The summed E-state index contributed by atoms with van der Waals surface area (Å²) in [4.78, 5) is 21.2. The van der Waals surface area contributed by atoms with Gasteiger partial charge in [-0.05, 0) is 30.2 Å². The Kier molecular flexibility index (Phi) is 5.69. The highest BCUT2D eigenvalue weighted by molar-refractivity contribution is 7.13. The van der Waals surface area contributed by atoms with Crippen molar-refractivity contribution in [2.45, 2.75) is 19.8 Å². The fraction of sp³-hybridized carbons (Fsp3) is 0.143. The number of nitrogens with zero attached hydrogens (tertiary/aromatic N) is 4. The van der Waals surface area contributed by atoms with Gasteiger partial charge in [-0.3, -0.25) is 4.79 Å². The van der Waals surface area contributed by atoms with Crippen LogP contribution in [0.4, 0.5) is 5.69 Å². The molecule has 0 aliphatic heterocycles. The Balaban J connectivity index is 1.48. The van der Waals surface area contributed by atoms with Crippen molar-refractivity contribution in [2.75, 3.05) is 5.32 Å². The minimum atomic E-state index is -0.174. The third kappa shape index (κ3) is 4.52. The maximum Gasteiger partial charge on any atom is 0.230 e. The first-order chi connectivity index (χ1) is 14.1. The molecule has 0 saturated carbocycles. The number of aryl methyl sites for hydroxylation is 1. The maximum atomic E-state index is 12.6.